The molecule has 4 heteroatoms. The van der Waals surface area contributed by atoms with Gasteiger partial charge in [0, 0.05) is 44.7 Å². The van der Waals surface area contributed by atoms with Gasteiger partial charge in [0.15, 0.2) is 0 Å². The zero-order chi connectivity index (χ0) is 14.3. The Morgan fingerprint density at radius 3 is 2.85 bits per heavy atom. The molecule has 4 nitrogen and oxygen atoms in total. The van der Waals surface area contributed by atoms with Crippen LogP contribution in [-0.4, -0.2) is 37.1 Å². The van der Waals surface area contributed by atoms with E-state index in [-0.39, 0.29) is 6.61 Å². The quantitative estimate of drug-likeness (QED) is 0.769. The van der Waals surface area contributed by atoms with Gasteiger partial charge in [-0.3, -0.25) is 0 Å². The highest BCUT2D eigenvalue weighted by Gasteiger charge is 2.29. The fourth-order valence-electron chi connectivity index (χ4n) is 2.27. The summed E-state index contributed by atoms with van der Waals surface area (Å²) in [6.07, 6.45) is 6.56. The highest BCUT2D eigenvalue weighted by Crippen LogP contribution is 2.21. The lowest BCUT2D eigenvalue weighted by Crippen LogP contribution is -2.44. The highest BCUT2D eigenvalue weighted by atomic mass is 16.5. The molecule has 1 aromatic carbocycles. The highest BCUT2D eigenvalue weighted by molar-refractivity contribution is 5.33. The van der Waals surface area contributed by atoms with Crippen molar-refractivity contribution in [2.24, 2.45) is 0 Å². The van der Waals surface area contributed by atoms with Crippen molar-refractivity contribution >= 4 is 0 Å². The van der Waals surface area contributed by atoms with Crippen LogP contribution in [0.1, 0.15) is 18.4 Å². The topological polar surface area (TPSA) is 50.7 Å². The SMILES string of the molecule is C#CCOc1ccccc1CNCC1(O)CCOCC1. The lowest BCUT2D eigenvalue weighted by molar-refractivity contribution is -0.0617. The molecule has 0 atom stereocenters. The van der Waals surface area contributed by atoms with Gasteiger partial charge >= 0.3 is 0 Å². The minimum Gasteiger partial charge on any atom is -0.481 e. The Kier molecular flexibility index (Phi) is 5.42. The minimum absolute atomic E-state index is 0.262. The predicted molar refractivity (Wildman–Crippen MR) is 77.5 cm³/mol. The van der Waals surface area contributed by atoms with Crippen molar-refractivity contribution in [1.82, 2.24) is 5.32 Å². The van der Waals surface area contributed by atoms with Gasteiger partial charge in [-0.2, -0.15) is 0 Å². The molecule has 0 aliphatic carbocycles. The van der Waals surface area contributed by atoms with E-state index in [9.17, 15) is 5.11 Å². The van der Waals surface area contributed by atoms with Crippen molar-refractivity contribution in [3.8, 4) is 18.1 Å². The van der Waals surface area contributed by atoms with Crippen LogP contribution in [0, 0.1) is 12.3 Å². The molecule has 0 spiro atoms. The van der Waals surface area contributed by atoms with E-state index in [1.54, 1.807) is 0 Å². The molecule has 1 heterocycles. The minimum atomic E-state index is -0.660. The fourth-order valence-corrected chi connectivity index (χ4v) is 2.27. The average Bonchev–Trinajstić information content (AvgIpc) is 2.47. The first-order valence-electron chi connectivity index (χ1n) is 6.88. The number of para-hydroxylation sites is 1. The number of benzene rings is 1. The summed E-state index contributed by atoms with van der Waals surface area (Å²) in [7, 11) is 0. The van der Waals surface area contributed by atoms with Gasteiger partial charge < -0.3 is 19.9 Å². The second-order valence-corrected chi connectivity index (χ2v) is 5.04. The third-order valence-electron chi connectivity index (χ3n) is 3.48. The van der Waals surface area contributed by atoms with Gasteiger partial charge in [0.2, 0.25) is 0 Å². The molecule has 0 saturated carbocycles. The normalized spacial score (nSPS) is 17.4. The molecule has 2 rings (SSSR count). The second-order valence-electron chi connectivity index (χ2n) is 5.04. The number of nitrogens with one attached hydrogen (secondary N) is 1. The summed E-state index contributed by atoms with van der Waals surface area (Å²) in [6, 6.07) is 7.77. The van der Waals surface area contributed by atoms with Gasteiger partial charge in [-0.05, 0) is 6.07 Å². The maximum Gasteiger partial charge on any atom is 0.148 e. The molecular weight excluding hydrogens is 254 g/mol. The number of ether oxygens (including phenoxy) is 2. The summed E-state index contributed by atoms with van der Waals surface area (Å²) in [4.78, 5) is 0. The molecule has 20 heavy (non-hydrogen) atoms. The first-order valence-corrected chi connectivity index (χ1v) is 6.88. The summed E-state index contributed by atoms with van der Waals surface area (Å²) < 4.78 is 10.8. The van der Waals surface area contributed by atoms with Crippen LogP contribution in [0.15, 0.2) is 24.3 Å². The van der Waals surface area contributed by atoms with E-state index in [1.807, 2.05) is 24.3 Å². The Labute approximate surface area is 120 Å². The summed E-state index contributed by atoms with van der Waals surface area (Å²) >= 11 is 0. The Bertz CT molecular complexity index is 461. The number of aliphatic hydroxyl groups is 1. The van der Waals surface area contributed by atoms with Crippen molar-refractivity contribution in [2.45, 2.75) is 25.0 Å². The van der Waals surface area contributed by atoms with Crippen LogP contribution in [0.4, 0.5) is 0 Å². The second kappa shape index (κ2) is 7.30. The molecule has 2 N–H and O–H groups in total. The van der Waals surface area contributed by atoms with E-state index < -0.39 is 5.60 Å². The number of hydrogen-bond acceptors (Lipinski definition) is 4. The van der Waals surface area contributed by atoms with Gasteiger partial charge in [-0.15, -0.1) is 6.42 Å². The molecule has 0 amide bonds. The van der Waals surface area contributed by atoms with Crippen molar-refractivity contribution in [2.75, 3.05) is 26.4 Å². The number of rotatable bonds is 6. The first kappa shape index (κ1) is 14.9. The maximum absolute atomic E-state index is 10.4. The van der Waals surface area contributed by atoms with Crippen LogP contribution >= 0.6 is 0 Å². The van der Waals surface area contributed by atoms with E-state index in [1.165, 1.54) is 0 Å². The lowest BCUT2D eigenvalue weighted by Gasteiger charge is -2.32. The summed E-state index contributed by atoms with van der Waals surface area (Å²) in [5.74, 6) is 3.25. The standard InChI is InChI=1S/C16H21NO3/c1-2-9-20-15-6-4-3-5-14(15)12-17-13-16(18)7-10-19-11-8-16/h1,3-6,17-18H,7-13H2. The third kappa shape index (κ3) is 4.24. The van der Waals surface area contributed by atoms with Crippen molar-refractivity contribution < 1.29 is 14.6 Å². The van der Waals surface area contributed by atoms with E-state index in [0.29, 0.717) is 39.1 Å². The van der Waals surface area contributed by atoms with Crippen LogP contribution in [-0.2, 0) is 11.3 Å². The first-order chi connectivity index (χ1) is 9.73. The van der Waals surface area contributed by atoms with Crippen LogP contribution in [0.25, 0.3) is 0 Å². The van der Waals surface area contributed by atoms with E-state index >= 15 is 0 Å². The van der Waals surface area contributed by atoms with E-state index in [0.717, 1.165) is 11.3 Å². The van der Waals surface area contributed by atoms with Gasteiger partial charge in [0.05, 0.1) is 5.60 Å². The number of hydrogen-bond donors (Lipinski definition) is 2. The maximum atomic E-state index is 10.4. The van der Waals surface area contributed by atoms with Gasteiger partial charge in [0.25, 0.3) is 0 Å². The van der Waals surface area contributed by atoms with E-state index in [2.05, 4.69) is 11.2 Å². The summed E-state index contributed by atoms with van der Waals surface area (Å²) in [6.45, 7) is 2.71. The van der Waals surface area contributed by atoms with E-state index in [4.69, 9.17) is 15.9 Å². The summed E-state index contributed by atoms with van der Waals surface area (Å²) in [5, 5.41) is 13.7. The monoisotopic (exact) mass is 275 g/mol. The van der Waals surface area contributed by atoms with Gasteiger partial charge in [-0.25, -0.2) is 0 Å². The zero-order valence-electron chi connectivity index (χ0n) is 11.6. The van der Waals surface area contributed by atoms with Crippen molar-refractivity contribution in [1.29, 1.82) is 0 Å². The molecule has 108 valence electrons. The average molecular weight is 275 g/mol. The van der Waals surface area contributed by atoms with Crippen molar-refractivity contribution in [3.63, 3.8) is 0 Å². The number of terminal acetylenes is 1. The Balaban J connectivity index is 1.86. The van der Waals surface area contributed by atoms with Crippen molar-refractivity contribution in [3.05, 3.63) is 29.8 Å². The van der Waals surface area contributed by atoms with Crippen LogP contribution in [0.5, 0.6) is 5.75 Å². The third-order valence-corrected chi connectivity index (χ3v) is 3.48. The Morgan fingerprint density at radius 2 is 2.10 bits per heavy atom. The molecule has 1 fully saturated rings. The molecular formula is C16H21NO3. The Hall–Kier alpha value is -1.54. The molecule has 0 unspecified atom stereocenters. The Morgan fingerprint density at radius 1 is 1.35 bits per heavy atom. The molecule has 1 saturated heterocycles. The molecule has 1 aliphatic rings. The van der Waals surface area contributed by atoms with Gasteiger partial charge in [0.1, 0.15) is 12.4 Å². The lowest BCUT2D eigenvalue weighted by atomic mass is 9.94. The molecule has 1 aromatic rings. The van der Waals surface area contributed by atoms with Crippen LogP contribution in [0.3, 0.4) is 0 Å². The molecule has 0 radical (unpaired) electrons. The predicted octanol–water partition coefficient (Wildman–Crippen LogP) is 1.33. The molecule has 1 aliphatic heterocycles. The molecule has 0 aromatic heterocycles. The van der Waals surface area contributed by atoms with Gasteiger partial charge in [-0.1, -0.05) is 24.1 Å². The largest absolute Gasteiger partial charge is 0.481 e. The zero-order valence-corrected chi connectivity index (χ0v) is 11.6. The van der Waals surface area contributed by atoms with Crippen LogP contribution in [0.2, 0.25) is 0 Å². The molecule has 0 bridgehead atoms. The summed E-state index contributed by atoms with van der Waals surface area (Å²) in [5.41, 5.74) is 0.380. The van der Waals surface area contributed by atoms with Crippen LogP contribution < -0.4 is 10.1 Å². The fraction of sp³-hybridized carbons (Fsp3) is 0.500. The smallest absolute Gasteiger partial charge is 0.148 e.